The zero-order valence-electron chi connectivity index (χ0n) is 9.38. The van der Waals surface area contributed by atoms with E-state index in [1.807, 2.05) is 12.1 Å². The molecule has 0 saturated heterocycles. The Morgan fingerprint density at radius 2 is 1.94 bits per heavy atom. The predicted molar refractivity (Wildman–Crippen MR) is 62.6 cm³/mol. The Labute approximate surface area is 99.3 Å². The third kappa shape index (κ3) is 2.26. The van der Waals surface area contributed by atoms with E-state index in [0.29, 0.717) is 11.3 Å². The molecule has 1 aromatic heterocycles. The second-order valence-electron chi connectivity index (χ2n) is 3.75. The molecule has 3 heteroatoms. The van der Waals surface area contributed by atoms with Gasteiger partial charge in [0.15, 0.2) is 5.76 Å². The van der Waals surface area contributed by atoms with Crippen LogP contribution >= 0.6 is 0 Å². The van der Waals surface area contributed by atoms with Crippen molar-refractivity contribution >= 4 is 5.78 Å². The second-order valence-corrected chi connectivity index (χ2v) is 3.75. The van der Waals surface area contributed by atoms with Crippen molar-refractivity contribution in [1.82, 2.24) is 0 Å². The maximum absolute atomic E-state index is 12.1. The van der Waals surface area contributed by atoms with Gasteiger partial charge in [0.05, 0.1) is 6.07 Å². The molecule has 0 amide bonds. The van der Waals surface area contributed by atoms with Crippen molar-refractivity contribution < 1.29 is 9.21 Å². The molecule has 1 unspecified atom stereocenters. The summed E-state index contributed by atoms with van der Waals surface area (Å²) in [7, 11) is 0. The zero-order valence-corrected chi connectivity index (χ0v) is 9.38. The van der Waals surface area contributed by atoms with Crippen molar-refractivity contribution in [1.29, 1.82) is 5.26 Å². The summed E-state index contributed by atoms with van der Waals surface area (Å²) >= 11 is 0. The largest absolute Gasteiger partial charge is 0.458 e. The fraction of sp³-hybridized carbons (Fsp3) is 0.143. The highest BCUT2D eigenvalue weighted by Crippen LogP contribution is 2.21. The van der Waals surface area contributed by atoms with Crippen LogP contribution in [0.4, 0.5) is 0 Å². The van der Waals surface area contributed by atoms with Crippen LogP contribution in [0.5, 0.6) is 0 Å². The lowest BCUT2D eigenvalue weighted by Gasteiger charge is -2.05. The molecule has 0 saturated carbocycles. The van der Waals surface area contributed by atoms with Gasteiger partial charge in [0.2, 0.25) is 5.78 Å². The Bertz CT molecular complexity index is 563. The van der Waals surface area contributed by atoms with Crippen LogP contribution in [-0.4, -0.2) is 5.78 Å². The van der Waals surface area contributed by atoms with Crippen LogP contribution in [0.2, 0.25) is 0 Å². The van der Waals surface area contributed by atoms with Crippen LogP contribution in [0, 0.1) is 18.3 Å². The van der Waals surface area contributed by atoms with E-state index in [0.717, 1.165) is 0 Å². The SMILES string of the molecule is Cc1ccc(C(=O)C(C#N)c2ccccc2)o1. The molecule has 1 heterocycles. The first kappa shape index (κ1) is 11.2. The number of carbonyl (C=O) groups excluding carboxylic acids is 1. The number of benzene rings is 1. The van der Waals surface area contributed by atoms with Gasteiger partial charge >= 0.3 is 0 Å². The lowest BCUT2D eigenvalue weighted by molar-refractivity contribution is 0.0950. The van der Waals surface area contributed by atoms with E-state index in [1.54, 1.807) is 43.3 Å². The number of hydrogen-bond donors (Lipinski definition) is 0. The van der Waals surface area contributed by atoms with Gasteiger partial charge in [-0.05, 0) is 24.6 Å². The first-order valence-corrected chi connectivity index (χ1v) is 5.27. The molecular formula is C14H11NO2. The topological polar surface area (TPSA) is 54.0 Å². The lowest BCUT2D eigenvalue weighted by Crippen LogP contribution is -2.10. The number of Topliss-reactive ketones (excluding diaryl/α,β-unsaturated/α-hetero) is 1. The van der Waals surface area contributed by atoms with Gasteiger partial charge in [0.25, 0.3) is 0 Å². The number of hydrogen-bond acceptors (Lipinski definition) is 3. The molecule has 17 heavy (non-hydrogen) atoms. The van der Waals surface area contributed by atoms with Crippen molar-refractivity contribution in [3.05, 3.63) is 59.5 Å². The molecule has 1 atom stereocenters. The summed E-state index contributed by atoms with van der Waals surface area (Å²) in [6.07, 6.45) is 0. The molecule has 1 aromatic carbocycles. The number of ketones is 1. The molecule has 0 spiro atoms. The summed E-state index contributed by atoms with van der Waals surface area (Å²) in [5, 5.41) is 9.11. The molecule has 0 aliphatic carbocycles. The number of rotatable bonds is 3. The van der Waals surface area contributed by atoms with Crippen molar-refractivity contribution in [2.24, 2.45) is 0 Å². The van der Waals surface area contributed by atoms with Gasteiger partial charge in [-0.15, -0.1) is 0 Å². The van der Waals surface area contributed by atoms with Gasteiger partial charge in [0, 0.05) is 0 Å². The molecule has 0 radical (unpaired) electrons. The van der Waals surface area contributed by atoms with Gasteiger partial charge in [-0.3, -0.25) is 4.79 Å². The zero-order chi connectivity index (χ0) is 12.3. The quantitative estimate of drug-likeness (QED) is 0.754. The third-order valence-electron chi connectivity index (χ3n) is 2.51. The van der Waals surface area contributed by atoms with E-state index in [1.165, 1.54) is 0 Å². The maximum atomic E-state index is 12.1. The van der Waals surface area contributed by atoms with Crippen LogP contribution in [0.25, 0.3) is 0 Å². The molecule has 0 N–H and O–H groups in total. The van der Waals surface area contributed by atoms with Crippen LogP contribution in [-0.2, 0) is 0 Å². The van der Waals surface area contributed by atoms with E-state index in [4.69, 9.17) is 9.68 Å². The minimum Gasteiger partial charge on any atom is -0.458 e. The van der Waals surface area contributed by atoms with Crippen LogP contribution in [0.3, 0.4) is 0 Å². The fourth-order valence-corrected chi connectivity index (χ4v) is 1.64. The van der Waals surface area contributed by atoms with Gasteiger partial charge in [-0.1, -0.05) is 30.3 Å². The Morgan fingerprint density at radius 3 is 2.47 bits per heavy atom. The van der Waals surface area contributed by atoms with Crippen LogP contribution < -0.4 is 0 Å². The van der Waals surface area contributed by atoms with Crippen LogP contribution in [0.15, 0.2) is 46.9 Å². The Hall–Kier alpha value is -2.34. The normalized spacial score (nSPS) is 11.8. The first-order valence-electron chi connectivity index (χ1n) is 5.27. The molecule has 2 aromatic rings. The fourth-order valence-electron chi connectivity index (χ4n) is 1.64. The highest BCUT2D eigenvalue weighted by Gasteiger charge is 2.23. The summed E-state index contributed by atoms with van der Waals surface area (Å²) in [5.41, 5.74) is 0.689. The second kappa shape index (κ2) is 4.67. The van der Waals surface area contributed by atoms with Gasteiger partial charge < -0.3 is 4.42 Å². The smallest absolute Gasteiger partial charge is 0.219 e. The standard InChI is InChI=1S/C14H11NO2/c1-10-7-8-13(17-10)14(16)12(9-15)11-5-3-2-4-6-11/h2-8,12H,1H3. The van der Waals surface area contributed by atoms with Gasteiger partial charge in [-0.2, -0.15) is 5.26 Å². The molecular weight excluding hydrogens is 214 g/mol. The molecule has 3 nitrogen and oxygen atoms in total. The van der Waals surface area contributed by atoms with E-state index < -0.39 is 5.92 Å². The Morgan fingerprint density at radius 1 is 1.24 bits per heavy atom. The van der Waals surface area contributed by atoms with Gasteiger partial charge in [-0.25, -0.2) is 0 Å². The summed E-state index contributed by atoms with van der Waals surface area (Å²) in [6.45, 7) is 1.76. The molecule has 0 bridgehead atoms. The Kier molecular flexibility index (Phi) is 3.06. The molecule has 84 valence electrons. The Balaban J connectivity index is 2.32. The van der Waals surface area contributed by atoms with Crippen molar-refractivity contribution in [2.45, 2.75) is 12.8 Å². The highest BCUT2D eigenvalue weighted by molar-refractivity contribution is 6.00. The minimum absolute atomic E-state index is 0.234. The molecule has 0 aliphatic heterocycles. The third-order valence-corrected chi connectivity index (χ3v) is 2.51. The lowest BCUT2D eigenvalue weighted by atomic mass is 9.95. The van der Waals surface area contributed by atoms with Crippen LogP contribution in [0.1, 0.15) is 27.8 Å². The van der Waals surface area contributed by atoms with E-state index >= 15 is 0 Å². The number of nitriles is 1. The van der Waals surface area contributed by atoms with Crippen molar-refractivity contribution in [2.75, 3.05) is 0 Å². The minimum atomic E-state index is -0.804. The summed E-state index contributed by atoms with van der Waals surface area (Å²) in [5.74, 6) is -0.204. The number of furan rings is 1. The monoisotopic (exact) mass is 225 g/mol. The van der Waals surface area contributed by atoms with E-state index in [-0.39, 0.29) is 11.5 Å². The molecule has 0 fully saturated rings. The van der Waals surface area contributed by atoms with Gasteiger partial charge in [0.1, 0.15) is 11.7 Å². The summed E-state index contributed by atoms with van der Waals surface area (Å²) < 4.78 is 5.25. The molecule has 0 aliphatic rings. The number of nitrogens with zero attached hydrogens (tertiary/aromatic N) is 1. The first-order chi connectivity index (χ1) is 8.22. The summed E-state index contributed by atoms with van der Waals surface area (Å²) in [4.78, 5) is 12.1. The van der Waals surface area contributed by atoms with E-state index in [2.05, 4.69) is 0 Å². The predicted octanol–water partition coefficient (Wildman–Crippen LogP) is 3.08. The van der Waals surface area contributed by atoms with E-state index in [9.17, 15) is 4.79 Å². The van der Waals surface area contributed by atoms with Crippen molar-refractivity contribution in [3.63, 3.8) is 0 Å². The average molecular weight is 225 g/mol. The number of aryl methyl sites for hydroxylation is 1. The molecule has 2 rings (SSSR count). The number of carbonyl (C=O) groups is 1. The average Bonchev–Trinajstić information content (AvgIpc) is 2.78. The maximum Gasteiger partial charge on any atom is 0.219 e. The highest BCUT2D eigenvalue weighted by atomic mass is 16.3. The summed E-state index contributed by atoms with van der Waals surface area (Å²) in [6, 6.07) is 14.3. The van der Waals surface area contributed by atoms with Crippen molar-refractivity contribution in [3.8, 4) is 6.07 Å².